The summed E-state index contributed by atoms with van der Waals surface area (Å²) in [4.78, 5) is 36.3. The average Bonchev–Trinajstić information content (AvgIpc) is 2.58. The summed E-state index contributed by atoms with van der Waals surface area (Å²) < 4.78 is 0. The Morgan fingerprint density at radius 1 is 1.11 bits per heavy atom. The lowest BCUT2D eigenvalue weighted by molar-refractivity contribution is -0.143. The van der Waals surface area contributed by atoms with Gasteiger partial charge in [-0.25, -0.2) is 0 Å². The van der Waals surface area contributed by atoms with Gasteiger partial charge in [0.2, 0.25) is 5.91 Å². The molecule has 1 fully saturated rings. The van der Waals surface area contributed by atoms with Crippen molar-refractivity contribution in [3.05, 3.63) is 29.3 Å². The number of carbonyl (C=O) groups excluding carboxylic acids is 2. The topological polar surface area (TPSA) is 95.5 Å². The first-order chi connectivity index (χ1) is 13.3. The monoisotopic (exact) mass is 388 g/mol. The van der Waals surface area contributed by atoms with Crippen LogP contribution in [-0.4, -0.2) is 28.9 Å². The highest BCUT2D eigenvalue weighted by atomic mass is 16.4. The van der Waals surface area contributed by atoms with E-state index in [0.29, 0.717) is 30.5 Å². The molecule has 1 aliphatic rings. The zero-order chi connectivity index (χ0) is 20.7. The molecular formula is C22H32N2O4. The van der Waals surface area contributed by atoms with E-state index >= 15 is 0 Å². The van der Waals surface area contributed by atoms with E-state index in [1.807, 2.05) is 20.8 Å². The van der Waals surface area contributed by atoms with E-state index in [-0.39, 0.29) is 23.8 Å². The second-order valence-electron chi connectivity index (χ2n) is 8.19. The standard InChI is InChI=1S/C22H32N2O4/c1-14(2)12-20(25)23-18-11-10-16(13-15(18)3)21(26)24-19-9-7-5-4-6-8-17(19)22(27)28/h10-11,13-14,17,19H,4-9,12H2,1-3H3,(H,23,25)(H,24,26)(H,27,28). The van der Waals surface area contributed by atoms with Crippen LogP contribution in [0.3, 0.4) is 0 Å². The van der Waals surface area contributed by atoms with Crippen LogP contribution in [0.4, 0.5) is 5.69 Å². The van der Waals surface area contributed by atoms with Gasteiger partial charge >= 0.3 is 5.97 Å². The van der Waals surface area contributed by atoms with Crippen molar-refractivity contribution in [1.29, 1.82) is 0 Å². The predicted molar refractivity (Wildman–Crippen MR) is 109 cm³/mol. The van der Waals surface area contributed by atoms with Crippen molar-refractivity contribution in [1.82, 2.24) is 5.32 Å². The van der Waals surface area contributed by atoms with Crippen molar-refractivity contribution in [2.24, 2.45) is 11.8 Å². The Bertz CT molecular complexity index is 714. The molecule has 2 rings (SSSR count). The molecule has 1 aliphatic carbocycles. The molecule has 28 heavy (non-hydrogen) atoms. The maximum absolute atomic E-state index is 12.7. The lowest BCUT2D eigenvalue weighted by atomic mass is 9.86. The summed E-state index contributed by atoms with van der Waals surface area (Å²) in [6, 6.07) is 4.79. The molecule has 0 aliphatic heterocycles. The third-order valence-electron chi connectivity index (χ3n) is 5.26. The van der Waals surface area contributed by atoms with Gasteiger partial charge in [-0.3, -0.25) is 14.4 Å². The van der Waals surface area contributed by atoms with Crippen LogP contribution in [-0.2, 0) is 9.59 Å². The zero-order valence-corrected chi connectivity index (χ0v) is 17.1. The van der Waals surface area contributed by atoms with Crippen molar-refractivity contribution in [3.8, 4) is 0 Å². The Morgan fingerprint density at radius 2 is 1.79 bits per heavy atom. The van der Waals surface area contributed by atoms with E-state index < -0.39 is 11.9 Å². The number of hydrogen-bond donors (Lipinski definition) is 3. The summed E-state index contributed by atoms with van der Waals surface area (Å²) in [7, 11) is 0. The van der Waals surface area contributed by atoms with Crippen LogP contribution in [0.15, 0.2) is 18.2 Å². The molecule has 6 nitrogen and oxygen atoms in total. The third kappa shape index (κ3) is 6.36. The minimum atomic E-state index is -0.841. The number of aliphatic carboxylic acids is 1. The number of anilines is 1. The van der Waals surface area contributed by atoms with Crippen molar-refractivity contribution in [2.45, 2.75) is 71.8 Å². The quantitative estimate of drug-likeness (QED) is 0.683. The number of rotatable bonds is 6. The summed E-state index contributed by atoms with van der Waals surface area (Å²) in [6.45, 7) is 5.82. The molecule has 0 saturated heterocycles. The molecule has 0 aromatic heterocycles. The SMILES string of the molecule is Cc1cc(C(=O)NC2CCCCCCC2C(=O)O)ccc1NC(=O)CC(C)C. The lowest BCUT2D eigenvalue weighted by Crippen LogP contribution is -2.44. The van der Waals surface area contributed by atoms with Crippen LogP contribution in [0.5, 0.6) is 0 Å². The van der Waals surface area contributed by atoms with Gasteiger partial charge in [-0.1, -0.05) is 39.5 Å². The van der Waals surface area contributed by atoms with Crippen molar-refractivity contribution >= 4 is 23.5 Å². The van der Waals surface area contributed by atoms with E-state index in [4.69, 9.17) is 0 Å². The highest BCUT2D eigenvalue weighted by molar-refractivity contribution is 5.97. The van der Waals surface area contributed by atoms with Crippen LogP contribution in [0, 0.1) is 18.8 Å². The fourth-order valence-corrected chi connectivity index (χ4v) is 3.72. The second-order valence-corrected chi connectivity index (χ2v) is 8.19. The van der Waals surface area contributed by atoms with Crippen LogP contribution in [0.2, 0.25) is 0 Å². The molecule has 6 heteroatoms. The zero-order valence-electron chi connectivity index (χ0n) is 17.1. The highest BCUT2D eigenvalue weighted by Gasteiger charge is 2.30. The van der Waals surface area contributed by atoms with E-state index in [2.05, 4.69) is 10.6 Å². The second kappa shape index (κ2) is 10.2. The first-order valence-electron chi connectivity index (χ1n) is 10.2. The number of amides is 2. The minimum absolute atomic E-state index is 0.0471. The van der Waals surface area contributed by atoms with Gasteiger partial charge in [-0.15, -0.1) is 0 Å². The molecule has 1 aromatic rings. The first-order valence-corrected chi connectivity index (χ1v) is 10.2. The number of aryl methyl sites for hydroxylation is 1. The Balaban J connectivity index is 2.07. The predicted octanol–water partition coefficient (Wildman–Crippen LogP) is 4.13. The summed E-state index contributed by atoms with van der Waals surface area (Å²) >= 11 is 0. The molecule has 2 unspecified atom stereocenters. The van der Waals surface area contributed by atoms with Gasteiger partial charge in [0.25, 0.3) is 5.91 Å². The van der Waals surface area contributed by atoms with Crippen molar-refractivity contribution in [2.75, 3.05) is 5.32 Å². The molecule has 2 amide bonds. The first kappa shape index (κ1) is 21.9. The Morgan fingerprint density at radius 3 is 2.39 bits per heavy atom. The molecule has 0 bridgehead atoms. The van der Waals surface area contributed by atoms with Crippen LogP contribution in [0.25, 0.3) is 0 Å². The number of carboxylic acids is 1. The number of hydrogen-bond acceptors (Lipinski definition) is 3. The number of benzene rings is 1. The van der Waals surface area contributed by atoms with Gasteiger partial charge in [0, 0.05) is 23.7 Å². The average molecular weight is 389 g/mol. The van der Waals surface area contributed by atoms with Crippen LogP contribution >= 0.6 is 0 Å². The lowest BCUT2D eigenvalue weighted by Gasteiger charge is -2.27. The molecule has 0 spiro atoms. The van der Waals surface area contributed by atoms with Gasteiger partial charge < -0.3 is 15.7 Å². The largest absolute Gasteiger partial charge is 0.481 e. The van der Waals surface area contributed by atoms with E-state index in [1.54, 1.807) is 18.2 Å². The Kier molecular flexibility index (Phi) is 8.03. The summed E-state index contributed by atoms with van der Waals surface area (Å²) in [6.07, 6.45) is 5.66. The molecular weight excluding hydrogens is 356 g/mol. The fourth-order valence-electron chi connectivity index (χ4n) is 3.72. The van der Waals surface area contributed by atoms with Crippen molar-refractivity contribution in [3.63, 3.8) is 0 Å². The maximum atomic E-state index is 12.7. The molecule has 1 aromatic carbocycles. The Labute approximate surface area is 167 Å². The van der Waals surface area contributed by atoms with Gasteiger partial charge in [0.1, 0.15) is 0 Å². The van der Waals surface area contributed by atoms with E-state index in [9.17, 15) is 19.5 Å². The van der Waals surface area contributed by atoms with Crippen LogP contribution < -0.4 is 10.6 Å². The van der Waals surface area contributed by atoms with Gasteiger partial charge in [-0.2, -0.15) is 0 Å². The van der Waals surface area contributed by atoms with Crippen molar-refractivity contribution < 1.29 is 19.5 Å². The van der Waals surface area contributed by atoms with E-state index in [0.717, 1.165) is 31.2 Å². The molecule has 0 heterocycles. The highest BCUT2D eigenvalue weighted by Crippen LogP contribution is 2.24. The fraction of sp³-hybridized carbons (Fsp3) is 0.591. The van der Waals surface area contributed by atoms with Crippen LogP contribution in [0.1, 0.15) is 74.7 Å². The molecule has 154 valence electrons. The summed E-state index contributed by atoms with van der Waals surface area (Å²) in [5.41, 5.74) is 1.97. The number of nitrogens with one attached hydrogen (secondary N) is 2. The smallest absolute Gasteiger partial charge is 0.308 e. The molecule has 0 radical (unpaired) electrons. The molecule has 1 saturated carbocycles. The van der Waals surface area contributed by atoms with E-state index in [1.165, 1.54) is 0 Å². The summed E-state index contributed by atoms with van der Waals surface area (Å²) in [5.74, 6) is -1.42. The van der Waals surface area contributed by atoms with Gasteiger partial charge in [-0.05, 0) is 49.4 Å². The normalized spacial score (nSPS) is 20.1. The third-order valence-corrected chi connectivity index (χ3v) is 5.26. The Hall–Kier alpha value is -2.37. The maximum Gasteiger partial charge on any atom is 0.308 e. The summed E-state index contributed by atoms with van der Waals surface area (Å²) in [5, 5.41) is 15.4. The van der Waals surface area contributed by atoms with Gasteiger partial charge in [0.15, 0.2) is 0 Å². The number of carboxylic acid groups (broad SMARTS) is 1. The minimum Gasteiger partial charge on any atom is -0.481 e. The number of carbonyl (C=O) groups is 3. The molecule has 2 atom stereocenters. The van der Waals surface area contributed by atoms with Gasteiger partial charge in [0.05, 0.1) is 5.92 Å². The molecule has 3 N–H and O–H groups in total.